The lowest BCUT2D eigenvalue weighted by molar-refractivity contribution is 0.103. The number of nitrogens with one attached hydrogen (secondary N) is 2. The van der Waals surface area contributed by atoms with Crippen molar-refractivity contribution in [1.29, 1.82) is 0 Å². The third-order valence-electron chi connectivity index (χ3n) is 5.61. The van der Waals surface area contributed by atoms with Gasteiger partial charge >= 0.3 is 0 Å². The number of rotatable bonds is 7. The Hall–Kier alpha value is -3.04. The average molecular weight is 486 g/mol. The number of ether oxygens (including phenoxy) is 1. The second kappa shape index (κ2) is 9.84. The second-order valence-electron chi connectivity index (χ2n) is 7.95. The van der Waals surface area contributed by atoms with E-state index >= 15 is 0 Å². The number of benzene rings is 2. The molecule has 174 valence electrons. The van der Waals surface area contributed by atoms with E-state index in [2.05, 4.69) is 14.9 Å². The van der Waals surface area contributed by atoms with Crippen LogP contribution in [0.25, 0.3) is 0 Å². The van der Waals surface area contributed by atoms with Crippen molar-refractivity contribution < 1.29 is 17.9 Å². The molecule has 1 aromatic heterocycles. The molecule has 1 aliphatic heterocycles. The summed E-state index contributed by atoms with van der Waals surface area (Å²) >= 11 is 1.36. The van der Waals surface area contributed by atoms with Crippen molar-refractivity contribution >= 4 is 44.3 Å². The number of carbonyl (C=O) groups excluding carboxylic acids is 1. The van der Waals surface area contributed by atoms with Gasteiger partial charge in [0.05, 0.1) is 17.7 Å². The molecule has 0 spiro atoms. The van der Waals surface area contributed by atoms with Crippen LogP contribution in [0.5, 0.6) is 5.75 Å². The van der Waals surface area contributed by atoms with Crippen LogP contribution in [0.15, 0.2) is 58.8 Å². The molecular formula is C24H27N3O4S2. The van der Waals surface area contributed by atoms with Gasteiger partial charge in [-0.2, -0.15) is 0 Å². The van der Waals surface area contributed by atoms with Crippen LogP contribution >= 0.6 is 11.3 Å². The molecule has 0 saturated carbocycles. The van der Waals surface area contributed by atoms with Gasteiger partial charge in [-0.25, -0.2) is 8.42 Å². The first-order chi connectivity index (χ1) is 15.9. The van der Waals surface area contributed by atoms with Crippen molar-refractivity contribution in [2.24, 2.45) is 0 Å². The Morgan fingerprint density at radius 1 is 1.00 bits per heavy atom. The maximum Gasteiger partial charge on any atom is 0.265 e. The zero-order chi connectivity index (χ0) is 23.4. The fourth-order valence-corrected chi connectivity index (χ4v) is 6.00. The Bertz CT molecular complexity index is 1230. The van der Waals surface area contributed by atoms with Crippen LogP contribution in [-0.2, 0) is 10.0 Å². The SMILES string of the molecule is COc1ccc(NS(=O)(=O)c2cc(NC(=O)c3sccc3C)ccc2N2CCCCC2)cc1. The Labute approximate surface area is 198 Å². The van der Waals surface area contributed by atoms with Crippen LogP contribution < -0.4 is 19.7 Å². The van der Waals surface area contributed by atoms with Crippen molar-refractivity contribution in [2.45, 2.75) is 31.1 Å². The standard InChI is InChI=1S/C24H27N3O4S2/c1-17-12-15-32-23(17)24(28)25-19-8-11-21(27-13-4-3-5-14-27)22(16-19)33(29,30)26-18-6-9-20(31-2)10-7-18/h6-12,15-16,26H,3-5,13-14H2,1-2H3,(H,25,28). The molecular weight excluding hydrogens is 458 g/mol. The number of amides is 1. The van der Waals surface area contributed by atoms with E-state index in [1.165, 1.54) is 17.4 Å². The van der Waals surface area contributed by atoms with Crippen molar-refractivity contribution in [3.05, 3.63) is 64.4 Å². The molecule has 0 radical (unpaired) electrons. The third kappa shape index (κ3) is 5.31. The quantitative estimate of drug-likeness (QED) is 0.486. The molecule has 0 unspecified atom stereocenters. The molecule has 1 amide bonds. The Morgan fingerprint density at radius 2 is 1.70 bits per heavy atom. The molecule has 0 bridgehead atoms. The molecule has 2 N–H and O–H groups in total. The minimum absolute atomic E-state index is 0.140. The smallest absolute Gasteiger partial charge is 0.265 e. The molecule has 7 nitrogen and oxygen atoms in total. The molecule has 0 atom stereocenters. The number of hydrogen-bond donors (Lipinski definition) is 2. The maximum atomic E-state index is 13.5. The Kier molecular flexibility index (Phi) is 6.90. The van der Waals surface area contributed by atoms with Gasteiger partial charge in [0.1, 0.15) is 10.6 Å². The zero-order valence-electron chi connectivity index (χ0n) is 18.6. The highest BCUT2D eigenvalue weighted by molar-refractivity contribution is 7.92. The van der Waals surface area contributed by atoms with Gasteiger partial charge in [-0.05, 0) is 85.7 Å². The summed E-state index contributed by atoms with van der Waals surface area (Å²) in [6.45, 7) is 3.47. The summed E-state index contributed by atoms with van der Waals surface area (Å²) in [6, 6.07) is 13.7. The van der Waals surface area contributed by atoms with Gasteiger partial charge in [-0.3, -0.25) is 9.52 Å². The van der Waals surface area contributed by atoms with Crippen LogP contribution in [0.4, 0.5) is 17.1 Å². The predicted molar refractivity (Wildman–Crippen MR) is 133 cm³/mol. The molecule has 3 aromatic rings. The first-order valence-corrected chi connectivity index (χ1v) is 13.1. The van der Waals surface area contributed by atoms with Gasteiger partial charge in [0.15, 0.2) is 0 Å². The summed E-state index contributed by atoms with van der Waals surface area (Å²) in [5.41, 5.74) is 2.39. The van der Waals surface area contributed by atoms with E-state index in [-0.39, 0.29) is 10.8 Å². The molecule has 1 aliphatic rings. The number of aryl methyl sites for hydroxylation is 1. The minimum atomic E-state index is -3.91. The number of carbonyl (C=O) groups is 1. The maximum absolute atomic E-state index is 13.5. The summed E-state index contributed by atoms with van der Waals surface area (Å²) < 4.78 is 34.7. The van der Waals surface area contributed by atoms with Crippen LogP contribution in [-0.4, -0.2) is 34.5 Å². The van der Waals surface area contributed by atoms with E-state index in [0.717, 1.165) is 37.9 Å². The van der Waals surface area contributed by atoms with Crippen molar-refractivity contribution in [2.75, 3.05) is 35.1 Å². The van der Waals surface area contributed by atoms with Gasteiger partial charge < -0.3 is 15.0 Å². The van der Waals surface area contributed by atoms with E-state index in [1.54, 1.807) is 43.5 Å². The minimum Gasteiger partial charge on any atom is -0.497 e. The monoisotopic (exact) mass is 485 g/mol. The number of nitrogens with zero attached hydrogens (tertiary/aromatic N) is 1. The number of sulfonamides is 1. The van der Waals surface area contributed by atoms with Gasteiger partial charge in [0.25, 0.3) is 15.9 Å². The first-order valence-electron chi connectivity index (χ1n) is 10.8. The fourth-order valence-electron chi connectivity index (χ4n) is 3.87. The Morgan fingerprint density at radius 3 is 2.33 bits per heavy atom. The summed E-state index contributed by atoms with van der Waals surface area (Å²) in [4.78, 5) is 15.6. The van der Waals surface area contributed by atoms with Crippen molar-refractivity contribution in [3.8, 4) is 5.75 Å². The van der Waals surface area contributed by atoms with Gasteiger partial charge in [-0.15, -0.1) is 11.3 Å². The lowest BCUT2D eigenvalue weighted by Gasteiger charge is -2.30. The topological polar surface area (TPSA) is 87.7 Å². The number of piperidine rings is 1. The van der Waals surface area contributed by atoms with E-state index in [0.29, 0.717) is 27.7 Å². The molecule has 33 heavy (non-hydrogen) atoms. The van der Waals surface area contributed by atoms with Gasteiger partial charge in [0, 0.05) is 24.5 Å². The van der Waals surface area contributed by atoms with E-state index in [4.69, 9.17) is 4.74 Å². The summed E-state index contributed by atoms with van der Waals surface area (Å²) in [5, 5.41) is 4.71. The first kappa shape index (κ1) is 23.1. The molecule has 9 heteroatoms. The molecule has 1 fully saturated rings. The number of methoxy groups -OCH3 is 1. The molecule has 1 saturated heterocycles. The average Bonchev–Trinajstić information content (AvgIpc) is 3.26. The number of hydrogen-bond acceptors (Lipinski definition) is 6. The highest BCUT2D eigenvalue weighted by Gasteiger charge is 2.25. The second-order valence-corrected chi connectivity index (χ2v) is 10.5. The summed E-state index contributed by atoms with van der Waals surface area (Å²) in [7, 11) is -2.36. The van der Waals surface area contributed by atoms with Crippen LogP contribution in [0.1, 0.15) is 34.5 Å². The number of anilines is 3. The van der Waals surface area contributed by atoms with Crippen molar-refractivity contribution in [3.63, 3.8) is 0 Å². The summed E-state index contributed by atoms with van der Waals surface area (Å²) in [6.07, 6.45) is 3.17. The van der Waals surface area contributed by atoms with Crippen LogP contribution in [0.2, 0.25) is 0 Å². The largest absolute Gasteiger partial charge is 0.497 e. The van der Waals surface area contributed by atoms with E-state index < -0.39 is 10.0 Å². The van der Waals surface area contributed by atoms with E-state index in [9.17, 15) is 13.2 Å². The zero-order valence-corrected chi connectivity index (χ0v) is 20.3. The molecule has 2 aromatic carbocycles. The highest BCUT2D eigenvalue weighted by Crippen LogP contribution is 2.32. The lowest BCUT2D eigenvalue weighted by Crippen LogP contribution is -2.31. The third-order valence-corrected chi connectivity index (χ3v) is 8.04. The Balaban J connectivity index is 1.68. The van der Waals surface area contributed by atoms with Gasteiger partial charge in [0.2, 0.25) is 0 Å². The highest BCUT2D eigenvalue weighted by atomic mass is 32.2. The number of thiophene rings is 1. The molecule has 2 heterocycles. The normalized spacial score (nSPS) is 14.1. The predicted octanol–water partition coefficient (Wildman–Crippen LogP) is 5.11. The summed E-state index contributed by atoms with van der Waals surface area (Å²) in [5.74, 6) is 0.389. The fraction of sp³-hybridized carbons (Fsp3) is 0.292. The molecule has 0 aliphatic carbocycles. The van der Waals surface area contributed by atoms with Crippen molar-refractivity contribution in [1.82, 2.24) is 0 Å². The van der Waals surface area contributed by atoms with Crippen LogP contribution in [0.3, 0.4) is 0 Å². The van der Waals surface area contributed by atoms with Gasteiger partial charge in [-0.1, -0.05) is 0 Å². The van der Waals surface area contributed by atoms with Crippen LogP contribution in [0, 0.1) is 6.92 Å². The molecule has 4 rings (SSSR count). The van der Waals surface area contributed by atoms with E-state index in [1.807, 2.05) is 18.4 Å². The lowest BCUT2D eigenvalue weighted by atomic mass is 10.1.